The van der Waals surface area contributed by atoms with E-state index in [1.165, 1.54) is 39.0 Å². The molecule has 122 valence electrons. The van der Waals surface area contributed by atoms with Crippen molar-refractivity contribution in [3.63, 3.8) is 0 Å². The third kappa shape index (κ3) is 3.26. The Morgan fingerprint density at radius 1 is 0.958 bits per heavy atom. The lowest BCUT2D eigenvalue weighted by atomic mass is 9.96. The van der Waals surface area contributed by atoms with Gasteiger partial charge in [-0.2, -0.15) is 0 Å². The summed E-state index contributed by atoms with van der Waals surface area (Å²) in [5.74, 6) is 0. The Morgan fingerprint density at radius 3 is 2.25 bits per heavy atom. The van der Waals surface area contributed by atoms with Crippen LogP contribution in [0, 0.1) is 20.8 Å². The van der Waals surface area contributed by atoms with Crippen molar-refractivity contribution >= 4 is 17.0 Å². The van der Waals surface area contributed by atoms with Gasteiger partial charge in [0.25, 0.3) is 0 Å². The Morgan fingerprint density at radius 2 is 1.62 bits per heavy atom. The minimum atomic E-state index is 1.01. The van der Waals surface area contributed by atoms with E-state index < -0.39 is 0 Å². The van der Waals surface area contributed by atoms with Crippen molar-refractivity contribution in [1.82, 2.24) is 0 Å². The highest BCUT2D eigenvalue weighted by molar-refractivity contribution is 6.04. The van der Waals surface area contributed by atoms with Gasteiger partial charge >= 0.3 is 0 Å². The molecule has 2 aromatic rings. The molecule has 0 amide bonds. The fourth-order valence-electron chi connectivity index (χ4n) is 3.51. The van der Waals surface area contributed by atoms with Crippen molar-refractivity contribution in [2.45, 2.75) is 41.0 Å². The average Bonchev–Trinajstić information content (AvgIpc) is 2.97. The lowest BCUT2D eigenvalue weighted by Crippen LogP contribution is -2.00. The second-order valence-electron chi connectivity index (χ2n) is 6.81. The van der Waals surface area contributed by atoms with Gasteiger partial charge in [0.2, 0.25) is 0 Å². The first-order valence-electron chi connectivity index (χ1n) is 8.56. The van der Waals surface area contributed by atoms with Gasteiger partial charge in [0.15, 0.2) is 0 Å². The number of nitrogens with zero attached hydrogens (tertiary/aromatic N) is 1. The van der Waals surface area contributed by atoms with Crippen molar-refractivity contribution in [2.75, 3.05) is 0 Å². The van der Waals surface area contributed by atoms with E-state index in [2.05, 4.69) is 83.2 Å². The SMILES string of the molecule is CC1=CCC(c2ccccc2/C(C)=N/c2c(C)cc(C)cc2C)=C1. The molecule has 0 heterocycles. The second kappa shape index (κ2) is 6.60. The number of benzene rings is 2. The molecule has 0 bridgehead atoms. The van der Waals surface area contributed by atoms with Crippen LogP contribution in [0.2, 0.25) is 0 Å². The Balaban J connectivity index is 2.06. The lowest BCUT2D eigenvalue weighted by molar-refractivity contribution is 1.28. The first-order chi connectivity index (χ1) is 11.5. The molecule has 0 aromatic heterocycles. The molecule has 0 unspecified atom stereocenters. The van der Waals surface area contributed by atoms with Gasteiger partial charge in [-0.05, 0) is 63.3 Å². The normalized spacial score (nSPS) is 14.6. The van der Waals surface area contributed by atoms with Crippen LogP contribution in [0.4, 0.5) is 5.69 Å². The summed E-state index contributed by atoms with van der Waals surface area (Å²) in [5, 5.41) is 0. The summed E-state index contributed by atoms with van der Waals surface area (Å²) >= 11 is 0. The van der Waals surface area contributed by atoms with E-state index in [9.17, 15) is 0 Å². The zero-order chi connectivity index (χ0) is 17.3. The van der Waals surface area contributed by atoms with Crippen LogP contribution in [0.5, 0.6) is 0 Å². The third-order valence-electron chi connectivity index (χ3n) is 4.62. The van der Waals surface area contributed by atoms with Gasteiger partial charge < -0.3 is 0 Å². The van der Waals surface area contributed by atoms with E-state index in [1.54, 1.807) is 0 Å². The molecular weight excluding hydrogens is 290 g/mol. The van der Waals surface area contributed by atoms with Crippen LogP contribution in [-0.2, 0) is 0 Å². The van der Waals surface area contributed by atoms with Crippen LogP contribution in [0.25, 0.3) is 5.57 Å². The quantitative estimate of drug-likeness (QED) is 0.574. The van der Waals surface area contributed by atoms with Crippen LogP contribution in [0.15, 0.2) is 59.1 Å². The van der Waals surface area contributed by atoms with Crippen LogP contribution >= 0.6 is 0 Å². The molecule has 0 radical (unpaired) electrons. The minimum absolute atomic E-state index is 1.01. The van der Waals surface area contributed by atoms with Gasteiger partial charge in [0.05, 0.1) is 5.69 Å². The van der Waals surface area contributed by atoms with Gasteiger partial charge in [0.1, 0.15) is 0 Å². The summed E-state index contributed by atoms with van der Waals surface area (Å²) in [6, 6.07) is 13.0. The molecule has 1 nitrogen and oxygen atoms in total. The Bertz CT molecular complexity index is 856. The maximum atomic E-state index is 4.99. The summed E-state index contributed by atoms with van der Waals surface area (Å²) in [6.45, 7) is 10.7. The first-order valence-corrected chi connectivity index (χ1v) is 8.56. The van der Waals surface area contributed by atoms with Crippen molar-refractivity contribution in [2.24, 2.45) is 4.99 Å². The minimum Gasteiger partial charge on any atom is -0.253 e. The van der Waals surface area contributed by atoms with Gasteiger partial charge in [-0.15, -0.1) is 0 Å². The Hall–Kier alpha value is -2.41. The summed E-state index contributed by atoms with van der Waals surface area (Å²) in [7, 11) is 0. The van der Waals surface area contributed by atoms with Gasteiger partial charge in [0, 0.05) is 11.3 Å². The molecule has 0 atom stereocenters. The maximum absolute atomic E-state index is 4.99. The molecule has 0 saturated carbocycles. The maximum Gasteiger partial charge on any atom is 0.0691 e. The second-order valence-corrected chi connectivity index (χ2v) is 6.81. The molecule has 24 heavy (non-hydrogen) atoms. The molecule has 0 fully saturated rings. The van der Waals surface area contributed by atoms with Crippen molar-refractivity contribution in [3.05, 3.63) is 81.9 Å². The van der Waals surface area contributed by atoms with E-state index in [-0.39, 0.29) is 0 Å². The van der Waals surface area contributed by atoms with Crippen molar-refractivity contribution in [3.8, 4) is 0 Å². The number of rotatable bonds is 3. The Kier molecular flexibility index (Phi) is 4.53. The fraction of sp³-hybridized carbons (Fsp3) is 0.261. The molecular formula is C23H25N. The van der Waals surface area contributed by atoms with Gasteiger partial charge in [-0.1, -0.05) is 59.7 Å². The van der Waals surface area contributed by atoms with Crippen LogP contribution < -0.4 is 0 Å². The van der Waals surface area contributed by atoms with E-state index in [0.717, 1.165) is 17.8 Å². The summed E-state index contributed by atoms with van der Waals surface area (Å²) in [5.41, 5.74) is 11.2. The molecule has 0 aliphatic heterocycles. The monoisotopic (exact) mass is 315 g/mol. The number of aliphatic imine (C=N–C) groups is 1. The molecule has 3 rings (SSSR count). The zero-order valence-corrected chi connectivity index (χ0v) is 15.3. The molecule has 2 aromatic carbocycles. The summed E-state index contributed by atoms with van der Waals surface area (Å²) in [6.07, 6.45) is 5.58. The summed E-state index contributed by atoms with van der Waals surface area (Å²) in [4.78, 5) is 4.99. The van der Waals surface area contributed by atoms with Gasteiger partial charge in [-0.25, -0.2) is 0 Å². The molecule has 0 spiro atoms. The van der Waals surface area contributed by atoms with E-state index >= 15 is 0 Å². The Labute approximate surface area is 145 Å². The van der Waals surface area contributed by atoms with E-state index in [1.807, 2.05) is 0 Å². The number of hydrogen-bond acceptors (Lipinski definition) is 1. The topological polar surface area (TPSA) is 12.4 Å². The highest BCUT2D eigenvalue weighted by Crippen LogP contribution is 2.31. The number of allylic oxidation sites excluding steroid dienone is 4. The zero-order valence-electron chi connectivity index (χ0n) is 15.3. The fourth-order valence-corrected chi connectivity index (χ4v) is 3.51. The molecule has 0 saturated heterocycles. The molecule has 1 aliphatic rings. The smallest absolute Gasteiger partial charge is 0.0691 e. The van der Waals surface area contributed by atoms with Crippen molar-refractivity contribution < 1.29 is 0 Å². The van der Waals surface area contributed by atoms with Crippen LogP contribution in [0.3, 0.4) is 0 Å². The predicted octanol–water partition coefficient (Wildman–Crippen LogP) is 6.49. The molecule has 0 N–H and O–H groups in total. The largest absolute Gasteiger partial charge is 0.253 e. The molecule has 1 aliphatic carbocycles. The van der Waals surface area contributed by atoms with Crippen LogP contribution in [-0.4, -0.2) is 5.71 Å². The highest BCUT2D eigenvalue weighted by Gasteiger charge is 2.13. The number of aryl methyl sites for hydroxylation is 3. The highest BCUT2D eigenvalue weighted by atomic mass is 14.8. The summed E-state index contributed by atoms with van der Waals surface area (Å²) < 4.78 is 0. The van der Waals surface area contributed by atoms with Crippen LogP contribution in [0.1, 0.15) is 48.1 Å². The predicted molar refractivity (Wildman–Crippen MR) is 105 cm³/mol. The average molecular weight is 315 g/mol. The number of hydrogen-bond donors (Lipinski definition) is 0. The van der Waals surface area contributed by atoms with Gasteiger partial charge in [-0.3, -0.25) is 4.99 Å². The van der Waals surface area contributed by atoms with E-state index in [0.29, 0.717) is 0 Å². The van der Waals surface area contributed by atoms with Crippen molar-refractivity contribution in [1.29, 1.82) is 0 Å². The lowest BCUT2D eigenvalue weighted by Gasteiger charge is -2.12. The molecule has 1 heteroatoms. The first kappa shape index (κ1) is 16.4. The van der Waals surface area contributed by atoms with E-state index in [4.69, 9.17) is 4.99 Å². The third-order valence-corrected chi connectivity index (χ3v) is 4.62. The standard InChI is InChI=1S/C23H25N/c1-15-10-11-20(14-15)22-9-7-6-8-21(22)19(5)24-23-17(3)12-16(2)13-18(23)4/h6-10,12-14H,11H2,1-5H3/b24-19+.